The Morgan fingerprint density at radius 1 is 1.23 bits per heavy atom. The lowest BCUT2D eigenvalue weighted by atomic mass is 10.2. The normalized spacial score (nSPS) is 10.8. The molecule has 1 aromatic carbocycles. The second-order valence-corrected chi connectivity index (χ2v) is 8.07. The molecular formula is C18H16ClNO4S2. The Morgan fingerprint density at radius 2 is 2.00 bits per heavy atom. The van der Waals surface area contributed by atoms with E-state index < -0.39 is 5.97 Å². The van der Waals surface area contributed by atoms with Gasteiger partial charge < -0.3 is 14.8 Å². The lowest BCUT2D eigenvalue weighted by molar-refractivity contribution is 0.0528. The van der Waals surface area contributed by atoms with Gasteiger partial charge >= 0.3 is 5.97 Å². The summed E-state index contributed by atoms with van der Waals surface area (Å²) >= 11 is 9.02. The van der Waals surface area contributed by atoms with Crippen LogP contribution in [0.4, 0.5) is 5.00 Å². The van der Waals surface area contributed by atoms with E-state index in [0.717, 1.165) is 15.0 Å². The number of fused-ring (bicyclic) bond motifs is 1. The van der Waals surface area contributed by atoms with E-state index in [4.69, 9.17) is 21.1 Å². The summed E-state index contributed by atoms with van der Waals surface area (Å²) in [6.07, 6.45) is 0. The SMILES string of the molecule is CCOC(=O)c1cc(C)sc1NC(=O)c1sc2ccc(OC)cc2c1Cl. The highest BCUT2D eigenvalue weighted by molar-refractivity contribution is 7.22. The first-order valence-electron chi connectivity index (χ1n) is 7.79. The predicted molar refractivity (Wildman–Crippen MR) is 106 cm³/mol. The zero-order valence-electron chi connectivity index (χ0n) is 14.3. The third-order valence-corrected chi connectivity index (χ3v) is 6.26. The molecule has 8 heteroatoms. The molecule has 1 amide bonds. The minimum atomic E-state index is -0.459. The first-order chi connectivity index (χ1) is 12.4. The molecule has 0 aliphatic carbocycles. The fraction of sp³-hybridized carbons (Fsp3) is 0.222. The van der Waals surface area contributed by atoms with Gasteiger partial charge in [0.2, 0.25) is 0 Å². The van der Waals surface area contributed by atoms with Crippen LogP contribution >= 0.6 is 34.3 Å². The molecule has 5 nitrogen and oxygen atoms in total. The molecule has 136 valence electrons. The van der Waals surface area contributed by atoms with Gasteiger partial charge in [-0.2, -0.15) is 0 Å². The van der Waals surface area contributed by atoms with Crippen LogP contribution in [0.2, 0.25) is 5.02 Å². The van der Waals surface area contributed by atoms with Crippen LogP contribution in [-0.2, 0) is 4.74 Å². The third-order valence-electron chi connectivity index (χ3n) is 3.62. The summed E-state index contributed by atoms with van der Waals surface area (Å²) in [4.78, 5) is 26.1. The van der Waals surface area contributed by atoms with Gasteiger partial charge in [0.25, 0.3) is 5.91 Å². The standard InChI is InChI=1S/C18H16ClNO4S2/c1-4-24-18(22)12-7-9(2)25-17(12)20-16(21)15-14(19)11-8-10(23-3)5-6-13(11)26-15/h5-8H,4H2,1-3H3,(H,20,21). The molecule has 0 saturated heterocycles. The Bertz CT molecular complexity index is 993. The molecule has 0 unspecified atom stereocenters. The number of methoxy groups -OCH3 is 1. The van der Waals surface area contributed by atoms with Crippen LogP contribution in [0.15, 0.2) is 24.3 Å². The summed E-state index contributed by atoms with van der Waals surface area (Å²) in [7, 11) is 1.57. The van der Waals surface area contributed by atoms with Crippen LogP contribution in [0, 0.1) is 6.92 Å². The zero-order chi connectivity index (χ0) is 18.8. The fourth-order valence-electron chi connectivity index (χ4n) is 2.45. The van der Waals surface area contributed by atoms with Gasteiger partial charge in [-0.25, -0.2) is 4.79 Å². The van der Waals surface area contributed by atoms with E-state index in [2.05, 4.69) is 5.32 Å². The minimum Gasteiger partial charge on any atom is -0.497 e. The summed E-state index contributed by atoms with van der Waals surface area (Å²) in [6.45, 7) is 3.87. The molecule has 0 aliphatic rings. The number of esters is 1. The van der Waals surface area contributed by atoms with Gasteiger partial charge in [0.05, 0.1) is 24.3 Å². The van der Waals surface area contributed by atoms with Crippen molar-refractivity contribution >= 4 is 61.2 Å². The van der Waals surface area contributed by atoms with Gasteiger partial charge in [0, 0.05) is 15.0 Å². The summed E-state index contributed by atoms with van der Waals surface area (Å²) in [5, 5.41) is 4.37. The highest BCUT2D eigenvalue weighted by Gasteiger charge is 2.22. The van der Waals surface area contributed by atoms with Crippen molar-refractivity contribution in [3.8, 4) is 5.75 Å². The maximum Gasteiger partial charge on any atom is 0.341 e. The van der Waals surface area contributed by atoms with E-state index in [9.17, 15) is 9.59 Å². The number of ether oxygens (including phenoxy) is 2. The second kappa shape index (κ2) is 7.65. The number of benzene rings is 1. The Hall–Kier alpha value is -2.09. The number of carbonyl (C=O) groups is 2. The fourth-order valence-corrected chi connectivity index (χ4v) is 4.73. The van der Waals surface area contributed by atoms with Crippen LogP contribution in [0.1, 0.15) is 31.8 Å². The topological polar surface area (TPSA) is 64.6 Å². The molecule has 0 aliphatic heterocycles. The van der Waals surface area contributed by atoms with Gasteiger partial charge in [-0.05, 0) is 38.1 Å². The van der Waals surface area contributed by atoms with E-state index in [1.165, 1.54) is 22.7 Å². The number of nitrogens with one attached hydrogen (secondary N) is 1. The average molecular weight is 410 g/mol. The van der Waals surface area contributed by atoms with Gasteiger partial charge in [-0.15, -0.1) is 22.7 Å². The van der Waals surface area contributed by atoms with E-state index in [-0.39, 0.29) is 12.5 Å². The zero-order valence-corrected chi connectivity index (χ0v) is 16.7. The molecule has 2 aromatic heterocycles. The highest BCUT2D eigenvalue weighted by atomic mass is 35.5. The summed E-state index contributed by atoms with van der Waals surface area (Å²) in [5.74, 6) is -0.149. The van der Waals surface area contributed by atoms with Gasteiger partial charge in [0.15, 0.2) is 0 Å². The maximum absolute atomic E-state index is 12.7. The molecule has 0 atom stereocenters. The monoisotopic (exact) mass is 409 g/mol. The molecule has 26 heavy (non-hydrogen) atoms. The molecule has 0 saturated carbocycles. The number of aryl methyl sites for hydroxylation is 1. The van der Waals surface area contributed by atoms with Gasteiger partial charge in [0.1, 0.15) is 15.6 Å². The molecule has 0 radical (unpaired) electrons. The molecule has 0 bridgehead atoms. The summed E-state index contributed by atoms with van der Waals surface area (Å²) in [5.41, 5.74) is 0.349. The largest absolute Gasteiger partial charge is 0.497 e. The molecule has 3 rings (SSSR count). The Balaban J connectivity index is 1.93. The van der Waals surface area contributed by atoms with Crippen molar-refractivity contribution in [1.82, 2.24) is 0 Å². The van der Waals surface area contributed by atoms with E-state index >= 15 is 0 Å². The Kier molecular flexibility index (Phi) is 5.50. The van der Waals surface area contributed by atoms with Crippen molar-refractivity contribution in [2.75, 3.05) is 19.0 Å². The third kappa shape index (κ3) is 3.56. The van der Waals surface area contributed by atoms with E-state index in [1.807, 2.05) is 19.1 Å². The van der Waals surface area contributed by atoms with Crippen LogP contribution in [-0.4, -0.2) is 25.6 Å². The lowest BCUT2D eigenvalue weighted by Crippen LogP contribution is -2.13. The summed E-state index contributed by atoms with van der Waals surface area (Å²) in [6, 6.07) is 7.18. The number of rotatable bonds is 5. The predicted octanol–water partition coefficient (Wildman–Crippen LogP) is 5.36. The van der Waals surface area contributed by atoms with Crippen LogP contribution < -0.4 is 10.1 Å². The lowest BCUT2D eigenvalue weighted by Gasteiger charge is -2.05. The molecular weight excluding hydrogens is 394 g/mol. The van der Waals surface area contributed by atoms with Crippen molar-refractivity contribution in [3.05, 3.63) is 44.6 Å². The van der Waals surface area contributed by atoms with Crippen LogP contribution in [0.3, 0.4) is 0 Å². The molecule has 1 N–H and O–H groups in total. The highest BCUT2D eigenvalue weighted by Crippen LogP contribution is 2.38. The van der Waals surface area contributed by atoms with E-state index in [0.29, 0.717) is 26.2 Å². The maximum atomic E-state index is 12.7. The van der Waals surface area contributed by atoms with Crippen molar-refractivity contribution in [1.29, 1.82) is 0 Å². The number of thiophene rings is 2. The average Bonchev–Trinajstić information content (AvgIpc) is 3.15. The van der Waals surface area contributed by atoms with E-state index in [1.54, 1.807) is 26.2 Å². The van der Waals surface area contributed by atoms with Crippen molar-refractivity contribution in [2.45, 2.75) is 13.8 Å². The number of amides is 1. The van der Waals surface area contributed by atoms with Crippen LogP contribution in [0.5, 0.6) is 5.75 Å². The number of anilines is 1. The second-order valence-electron chi connectivity index (χ2n) is 5.38. The minimum absolute atomic E-state index is 0.269. The number of hydrogen-bond donors (Lipinski definition) is 1. The number of halogens is 1. The molecule has 3 aromatic rings. The Labute approximate surface area is 163 Å². The number of carbonyl (C=O) groups excluding carboxylic acids is 2. The van der Waals surface area contributed by atoms with Crippen LogP contribution in [0.25, 0.3) is 10.1 Å². The molecule has 2 heterocycles. The quantitative estimate of drug-likeness (QED) is 0.576. The first kappa shape index (κ1) is 18.7. The molecule has 0 fully saturated rings. The van der Waals surface area contributed by atoms with Gasteiger partial charge in [-0.1, -0.05) is 11.6 Å². The molecule has 0 spiro atoms. The van der Waals surface area contributed by atoms with Crippen molar-refractivity contribution in [2.24, 2.45) is 0 Å². The van der Waals surface area contributed by atoms with Gasteiger partial charge in [-0.3, -0.25) is 4.79 Å². The van der Waals surface area contributed by atoms with Crippen molar-refractivity contribution < 1.29 is 19.1 Å². The number of hydrogen-bond acceptors (Lipinski definition) is 6. The Morgan fingerprint density at radius 3 is 2.69 bits per heavy atom. The first-order valence-corrected chi connectivity index (χ1v) is 9.80. The van der Waals surface area contributed by atoms with Crippen molar-refractivity contribution in [3.63, 3.8) is 0 Å². The summed E-state index contributed by atoms with van der Waals surface area (Å²) < 4.78 is 11.1. The smallest absolute Gasteiger partial charge is 0.341 e.